The third-order valence-electron chi connectivity index (χ3n) is 2.69. The van der Waals surface area contributed by atoms with Gasteiger partial charge in [-0.15, -0.1) is 0 Å². The SMILES string of the molecule is CC(C)(C)c1nc(Br)cc(OCCOc2ccccc2)n1. The topological polar surface area (TPSA) is 44.2 Å². The van der Waals surface area contributed by atoms with Crippen molar-refractivity contribution < 1.29 is 9.47 Å². The van der Waals surface area contributed by atoms with Gasteiger partial charge in [-0.2, -0.15) is 4.98 Å². The van der Waals surface area contributed by atoms with Gasteiger partial charge < -0.3 is 9.47 Å². The zero-order valence-corrected chi connectivity index (χ0v) is 14.1. The molecule has 0 N–H and O–H groups in total. The largest absolute Gasteiger partial charge is 0.490 e. The van der Waals surface area contributed by atoms with Crippen LogP contribution in [-0.2, 0) is 5.41 Å². The Bertz CT molecular complexity index is 583. The first kappa shape index (κ1) is 15.8. The van der Waals surface area contributed by atoms with Gasteiger partial charge in [0, 0.05) is 11.5 Å². The summed E-state index contributed by atoms with van der Waals surface area (Å²) in [6.07, 6.45) is 0. The van der Waals surface area contributed by atoms with E-state index in [0.29, 0.717) is 19.1 Å². The van der Waals surface area contributed by atoms with Crippen molar-refractivity contribution in [2.24, 2.45) is 0 Å². The minimum absolute atomic E-state index is 0.123. The van der Waals surface area contributed by atoms with Gasteiger partial charge in [-0.1, -0.05) is 39.0 Å². The molecule has 1 aromatic heterocycles. The number of rotatable bonds is 5. The normalized spacial score (nSPS) is 11.2. The molecule has 0 atom stereocenters. The molecule has 5 heteroatoms. The summed E-state index contributed by atoms with van der Waals surface area (Å²) < 4.78 is 11.9. The monoisotopic (exact) mass is 350 g/mol. The fourth-order valence-corrected chi connectivity index (χ4v) is 1.99. The summed E-state index contributed by atoms with van der Waals surface area (Å²) in [6.45, 7) is 7.10. The Hall–Kier alpha value is -1.62. The van der Waals surface area contributed by atoms with E-state index < -0.39 is 0 Å². The molecule has 2 rings (SSSR count). The standard InChI is InChI=1S/C16H19BrN2O2/c1-16(2,3)15-18-13(17)11-14(19-15)21-10-9-20-12-7-5-4-6-8-12/h4-8,11H,9-10H2,1-3H3. The Morgan fingerprint density at radius 2 is 1.67 bits per heavy atom. The van der Waals surface area contributed by atoms with Gasteiger partial charge in [-0.05, 0) is 28.1 Å². The van der Waals surface area contributed by atoms with Gasteiger partial charge in [0.2, 0.25) is 5.88 Å². The van der Waals surface area contributed by atoms with Crippen LogP contribution in [0.2, 0.25) is 0 Å². The van der Waals surface area contributed by atoms with Crippen LogP contribution in [0.4, 0.5) is 0 Å². The maximum Gasteiger partial charge on any atom is 0.217 e. The summed E-state index contributed by atoms with van der Waals surface area (Å²) in [4.78, 5) is 8.81. The highest BCUT2D eigenvalue weighted by Crippen LogP contribution is 2.23. The minimum Gasteiger partial charge on any atom is -0.490 e. The highest BCUT2D eigenvalue weighted by molar-refractivity contribution is 9.10. The number of nitrogens with zero attached hydrogens (tertiary/aromatic N) is 2. The first-order valence-electron chi connectivity index (χ1n) is 6.81. The average Bonchev–Trinajstić information content (AvgIpc) is 2.43. The van der Waals surface area contributed by atoms with Crippen LogP contribution >= 0.6 is 15.9 Å². The molecule has 0 aliphatic rings. The second kappa shape index (κ2) is 6.89. The fraction of sp³-hybridized carbons (Fsp3) is 0.375. The molecule has 112 valence electrons. The Balaban J connectivity index is 1.90. The van der Waals surface area contributed by atoms with Crippen molar-refractivity contribution in [3.63, 3.8) is 0 Å². The summed E-state index contributed by atoms with van der Waals surface area (Å²) in [5, 5.41) is 0. The molecule has 0 aliphatic heterocycles. The Kier molecular flexibility index (Phi) is 5.17. The summed E-state index contributed by atoms with van der Waals surface area (Å²) in [5.74, 6) is 2.13. The number of ether oxygens (including phenoxy) is 2. The van der Waals surface area contributed by atoms with Gasteiger partial charge in [0.25, 0.3) is 0 Å². The quantitative estimate of drug-likeness (QED) is 0.603. The molecule has 0 unspecified atom stereocenters. The number of hydrogen-bond acceptors (Lipinski definition) is 4. The van der Waals surface area contributed by atoms with Crippen molar-refractivity contribution in [2.75, 3.05) is 13.2 Å². The average molecular weight is 351 g/mol. The van der Waals surface area contributed by atoms with Crippen molar-refractivity contribution in [1.29, 1.82) is 0 Å². The van der Waals surface area contributed by atoms with Crippen LogP contribution < -0.4 is 9.47 Å². The fourth-order valence-electron chi connectivity index (χ4n) is 1.63. The van der Waals surface area contributed by atoms with E-state index in [2.05, 4.69) is 46.7 Å². The van der Waals surface area contributed by atoms with E-state index >= 15 is 0 Å². The van der Waals surface area contributed by atoms with Crippen LogP contribution in [0.15, 0.2) is 41.0 Å². The summed E-state index contributed by atoms with van der Waals surface area (Å²) in [5.41, 5.74) is -0.123. The van der Waals surface area contributed by atoms with Gasteiger partial charge in [0.1, 0.15) is 29.4 Å². The Labute approximate surface area is 133 Å². The molecule has 0 bridgehead atoms. The van der Waals surface area contributed by atoms with E-state index in [1.165, 1.54) is 0 Å². The van der Waals surface area contributed by atoms with Gasteiger partial charge in [0.15, 0.2) is 0 Å². The van der Waals surface area contributed by atoms with Gasteiger partial charge >= 0.3 is 0 Å². The maximum atomic E-state index is 5.64. The number of aromatic nitrogens is 2. The van der Waals surface area contributed by atoms with Crippen LogP contribution in [-0.4, -0.2) is 23.2 Å². The second-order valence-corrected chi connectivity index (χ2v) is 6.42. The maximum absolute atomic E-state index is 5.64. The Morgan fingerprint density at radius 1 is 1.00 bits per heavy atom. The van der Waals surface area contributed by atoms with Crippen molar-refractivity contribution in [3.05, 3.63) is 46.8 Å². The highest BCUT2D eigenvalue weighted by atomic mass is 79.9. The van der Waals surface area contributed by atoms with E-state index in [0.717, 1.165) is 16.2 Å². The number of hydrogen-bond donors (Lipinski definition) is 0. The molecule has 2 aromatic rings. The van der Waals surface area contributed by atoms with Crippen LogP contribution in [0.5, 0.6) is 11.6 Å². The minimum atomic E-state index is -0.123. The van der Waals surface area contributed by atoms with E-state index in [-0.39, 0.29) is 5.41 Å². The third kappa shape index (κ3) is 5.01. The smallest absolute Gasteiger partial charge is 0.217 e. The van der Waals surface area contributed by atoms with Crippen LogP contribution in [0.25, 0.3) is 0 Å². The van der Waals surface area contributed by atoms with Gasteiger partial charge in [0.05, 0.1) is 0 Å². The lowest BCUT2D eigenvalue weighted by Gasteiger charge is -2.17. The molecule has 0 saturated heterocycles. The van der Waals surface area contributed by atoms with Crippen LogP contribution in [0, 0.1) is 0 Å². The van der Waals surface area contributed by atoms with E-state index in [9.17, 15) is 0 Å². The number of halogens is 1. The molecule has 1 heterocycles. The first-order valence-corrected chi connectivity index (χ1v) is 7.60. The van der Waals surface area contributed by atoms with Gasteiger partial charge in [-0.25, -0.2) is 4.98 Å². The summed E-state index contributed by atoms with van der Waals surface area (Å²) in [6, 6.07) is 11.4. The van der Waals surface area contributed by atoms with E-state index in [4.69, 9.17) is 9.47 Å². The molecule has 0 radical (unpaired) electrons. The lowest BCUT2D eigenvalue weighted by atomic mass is 9.96. The third-order valence-corrected chi connectivity index (χ3v) is 3.09. The van der Waals surface area contributed by atoms with Crippen LogP contribution in [0.1, 0.15) is 26.6 Å². The highest BCUT2D eigenvalue weighted by Gasteiger charge is 2.19. The lowest BCUT2D eigenvalue weighted by Crippen LogP contribution is -2.17. The molecular weight excluding hydrogens is 332 g/mol. The molecule has 4 nitrogen and oxygen atoms in total. The molecule has 0 amide bonds. The van der Waals surface area contributed by atoms with E-state index in [1.807, 2.05) is 30.3 Å². The molecule has 0 saturated carbocycles. The molecule has 0 fully saturated rings. The van der Waals surface area contributed by atoms with Crippen molar-refractivity contribution in [1.82, 2.24) is 9.97 Å². The molecule has 21 heavy (non-hydrogen) atoms. The summed E-state index contributed by atoms with van der Waals surface area (Å²) >= 11 is 3.39. The summed E-state index contributed by atoms with van der Waals surface area (Å²) in [7, 11) is 0. The predicted octanol–water partition coefficient (Wildman–Crippen LogP) is 3.99. The van der Waals surface area contributed by atoms with Crippen LogP contribution in [0.3, 0.4) is 0 Å². The number of para-hydroxylation sites is 1. The molecule has 0 aliphatic carbocycles. The lowest BCUT2D eigenvalue weighted by molar-refractivity contribution is 0.210. The van der Waals surface area contributed by atoms with Crippen molar-refractivity contribution >= 4 is 15.9 Å². The van der Waals surface area contributed by atoms with Crippen molar-refractivity contribution in [3.8, 4) is 11.6 Å². The zero-order valence-electron chi connectivity index (χ0n) is 12.5. The van der Waals surface area contributed by atoms with E-state index in [1.54, 1.807) is 6.07 Å². The molecular formula is C16H19BrN2O2. The molecule has 0 spiro atoms. The predicted molar refractivity (Wildman–Crippen MR) is 85.9 cm³/mol. The van der Waals surface area contributed by atoms with Gasteiger partial charge in [-0.3, -0.25) is 0 Å². The first-order chi connectivity index (χ1) is 9.95. The Morgan fingerprint density at radius 3 is 2.33 bits per heavy atom. The molecule has 1 aromatic carbocycles. The second-order valence-electron chi connectivity index (χ2n) is 5.61. The zero-order chi connectivity index (χ0) is 15.3. The number of benzene rings is 1. The van der Waals surface area contributed by atoms with Crippen molar-refractivity contribution in [2.45, 2.75) is 26.2 Å².